The van der Waals surface area contributed by atoms with Crippen LogP contribution in [0.4, 0.5) is 4.39 Å². The zero-order valence-corrected chi connectivity index (χ0v) is 54.1. The summed E-state index contributed by atoms with van der Waals surface area (Å²) in [4.78, 5) is 145. The SMILES string of the molecule is CCc1cc(OCCCCN=[N+]=[N-])ccc1-c1ccc(C[C@@H](C)NC(=O)[C@H](CC(=O)O)NC(=O)[C@H](CO)NC(=O)[C@@H](NC(=O)C(C)(Cc2ccccc2F)NC(=O)[C@@H](NC(=O)CNC(=O)[C@H](Cc2nn[nH]n2)NC(=O)C(C)(C)C(=O)NCCc2cnc[nH]2)[C@@H](C)O)[C@@H](C)O)cc1. The number of imidazole rings is 1. The van der Waals surface area contributed by atoms with Gasteiger partial charge in [0.2, 0.25) is 53.2 Å². The molecule has 0 saturated carbocycles. The maximum Gasteiger partial charge on any atom is 0.305 e. The molecule has 0 aliphatic heterocycles. The van der Waals surface area contributed by atoms with E-state index in [4.69, 9.17) is 10.3 Å². The molecule has 33 nitrogen and oxygen atoms in total. The number of unbranched alkanes of at least 4 members (excludes halogenated alkanes) is 1. The van der Waals surface area contributed by atoms with E-state index in [1.54, 1.807) is 13.1 Å². The first-order valence-corrected chi connectivity index (χ1v) is 30.8. The summed E-state index contributed by atoms with van der Waals surface area (Å²) in [6, 6.07) is 8.64. The number of aryl methyl sites for hydroxylation is 1. The molecule has 2 aromatic heterocycles. The van der Waals surface area contributed by atoms with Crippen LogP contribution in [0, 0.1) is 11.2 Å². The van der Waals surface area contributed by atoms with Gasteiger partial charge in [0.05, 0.1) is 44.7 Å². The van der Waals surface area contributed by atoms with E-state index < -0.39 is 150 Å². The number of aliphatic hydroxyl groups excluding tert-OH is 3. The molecule has 15 N–H and O–H groups in total. The molecule has 5 rings (SSSR count). The van der Waals surface area contributed by atoms with Gasteiger partial charge in [-0.2, -0.15) is 5.21 Å². The van der Waals surface area contributed by atoms with Crippen molar-refractivity contribution in [2.45, 2.75) is 154 Å². The number of amides is 9. The molecule has 0 spiro atoms. The maximum absolute atomic E-state index is 15.4. The molecule has 96 heavy (non-hydrogen) atoms. The van der Waals surface area contributed by atoms with Crippen LogP contribution in [-0.2, 0) is 80.0 Å². The third-order valence-electron chi connectivity index (χ3n) is 15.2. The van der Waals surface area contributed by atoms with Gasteiger partial charge >= 0.3 is 5.97 Å². The third-order valence-corrected chi connectivity index (χ3v) is 15.2. The van der Waals surface area contributed by atoms with Crippen molar-refractivity contribution in [2.75, 3.05) is 32.8 Å². The van der Waals surface area contributed by atoms with Crippen LogP contribution in [0.25, 0.3) is 21.6 Å². The Labute approximate surface area is 551 Å². The summed E-state index contributed by atoms with van der Waals surface area (Å²) in [5, 5.41) is 80.1. The number of aromatic nitrogens is 6. The van der Waals surface area contributed by atoms with Crippen molar-refractivity contribution in [1.82, 2.24) is 78.4 Å². The zero-order chi connectivity index (χ0) is 70.7. The Kier molecular flexibility index (Phi) is 29.3. The predicted molar refractivity (Wildman–Crippen MR) is 340 cm³/mol. The van der Waals surface area contributed by atoms with Crippen molar-refractivity contribution >= 4 is 59.1 Å². The monoisotopic (exact) mass is 1340 g/mol. The third kappa shape index (κ3) is 23.2. The molecule has 0 aliphatic carbocycles. The molecule has 0 saturated heterocycles. The second-order valence-electron chi connectivity index (χ2n) is 23.4. The van der Waals surface area contributed by atoms with Crippen molar-refractivity contribution in [3.8, 4) is 16.9 Å². The molecule has 0 bridgehead atoms. The molecule has 2 heterocycles. The molecular formula is C62H83FN18O15. The first-order valence-electron chi connectivity index (χ1n) is 30.8. The molecule has 0 radical (unpaired) electrons. The van der Waals surface area contributed by atoms with Crippen LogP contribution >= 0.6 is 0 Å². The van der Waals surface area contributed by atoms with Crippen molar-refractivity contribution < 1.29 is 77.5 Å². The molecule has 1 unspecified atom stereocenters. The molecule has 518 valence electrons. The van der Waals surface area contributed by atoms with Crippen LogP contribution in [0.3, 0.4) is 0 Å². The quantitative estimate of drug-likeness (QED) is 0.00762. The molecule has 34 heteroatoms. The van der Waals surface area contributed by atoms with Crippen molar-refractivity contribution in [2.24, 2.45) is 10.5 Å². The lowest BCUT2D eigenvalue weighted by atomic mass is 9.90. The number of aliphatic hydroxyl groups is 3. The topological polar surface area (TPSA) is 501 Å². The van der Waals surface area contributed by atoms with Gasteiger partial charge in [-0.3, -0.25) is 47.9 Å². The Morgan fingerprint density at radius 2 is 1.44 bits per heavy atom. The second kappa shape index (κ2) is 36.9. The number of carboxylic acid groups (broad SMARTS) is 1. The summed E-state index contributed by atoms with van der Waals surface area (Å²) >= 11 is 0. The van der Waals surface area contributed by atoms with Gasteiger partial charge in [-0.1, -0.05) is 65.8 Å². The highest BCUT2D eigenvalue weighted by Crippen LogP contribution is 2.29. The van der Waals surface area contributed by atoms with Gasteiger partial charge in [0.1, 0.15) is 52.7 Å². The number of aromatic amines is 2. The Morgan fingerprint density at radius 1 is 0.750 bits per heavy atom. The Bertz CT molecular complexity index is 3510. The Hall–Kier alpha value is -10.4. The molecule has 9 amide bonds. The number of carbonyl (C=O) groups is 10. The highest BCUT2D eigenvalue weighted by Gasteiger charge is 2.43. The number of hydrogen-bond donors (Lipinski definition) is 15. The van der Waals surface area contributed by atoms with E-state index in [9.17, 15) is 68.4 Å². The van der Waals surface area contributed by atoms with Crippen LogP contribution in [-0.4, -0.2) is 197 Å². The number of azide groups is 1. The first kappa shape index (κ1) is 76.3. The fourth-order valence-corrected chi connectivity index (χ4v) is 9.67. The second-order valence-corrected chi connectivity index (χ2v) is 23.4. The van der Waals surface area contributed by atoms with Crippen LogP contribution in [0.1, 0.15) is 95.9 Å². The fourth-order valence-electron chi connectivity index (χ4n) is 9.67. The van der Waals surface area contributed by atoms with E-state index in [1.807, 2.05) is 49.4 Å². The fraction of sp³-hybridized carbons (Fsp3) is 0.484. The minimum absolute atomic E-state index is 0.0497. The molecule has 0 fully saturated rings. The number of aliphatic carboxylic acids is 1. The lowest BCUT2D eigenvalue weighted by Crippen LogP contribution is -2.67. The smallest absolute Gasteiger partial charge is 0.305 e. The molecule has 9 atom stereocenters. The summed E-state index contributed by atoms with van der Waals surface area (Å²) in [6.07, 6.45) is 0.221. The van der Waals surface area contributed by atoms with E-state index in [0.717, 1.165) is 61.2 Å². The number of halogens is 1. The zero-order valence-electron chi connectivity index (χ0n) is 54.1. The van der Waals surface area contributed by atoms with Gasteiger partial charge in [-0.25, -0.2) is 9.37 Å². The van der Waals surface area contributed by atoms with E-state index >= 15 is 4.39 Å². The van der Waals surface area contributed by atoms with Crippen molar-refractivity contribution in [1.29, 1.82) is 0 Å². The maximum atomic E-state index is 15.4. The normalized spacial score (nSPS) is 14.3. The van der Waals surface area contributed by atoms with Gasteiger partial charge in [-0.05, 0) is 119 Å². The number of nitrogens with zero attached hydrogens (tertiary/aromatic N) is 7. The number of carboxylic acids is 1. The lowest BCUT2D eigenvalue weighted by Gasteiger charge is -2.34. The van der Waals surface area contributed by atoms with Gasteiger partial charge < -0.3 is 78.0 Å². The Balaban J connectivity index is 1.22. The van der Waals surface area contributed by atoms with E-state index in [-0.39, 0.29) is 30.8 Å². The molecule has 3 aromatic carbocycles. The Morgan fingerprint density at radius 3 is 2.06 bits per heavy atom. The molecule has 5 aromatic rings. The van der Waals surface area contributed by atoms with Gasteiger partial charge in [-0.15, -0.1) is 10.2 Å². The highest BCUT2D eigenvalue weighted by atomic mass is 19.1. The van der Waals surface area contributed by atoms with Gasteiger partial charge in [0, 0.05) is 55.2 Å². The first-order chi connectivity index (χ1) is 45.6. The van der Waals surface area contributed by atoms with E-state index in [1.165, 1.54) is 38.4 Å². The largest absolute Gasteiger partial charge is 0.494 e. The van der Waals surface area contributed by atoms with Crippen LogP contribution < -0.4 is 52.6 Å². The summed E-state index contributed by atoms with van der Waals surface area (Å²) in [6.45, 7) is 8.47. The predicted octanol–water partition coefficient (Wildman–Crippen LogP) is -0.678. The van der Waals surface area contributed by atoms with Crippen LogP contribution in [0.5, 0.6) is 5.75 Å². The summed E-state index contributed by atoms with van der Waals surface area (Å²) in [7, 11) is 0. The van der Waals surface area contributed by atoms with Crippen LogP contribution in [0.15, 0.2) is 84.4 Å². The van der Waals surface area contributed by atoms with Gasteiger partial charge in [0.15, 0.2) is 5.82 Å². The van der Waals surface area contributed by atoms with Gasteiger partial charge in [0.25, 0.3) is 0 Å². The minimum atomic E-state index is -2.34. The summed E-state index contributed by atoms with van der Waals surface area (Å²) in [5.74, 6) is -11.4. The van der Waals surface area contributed by atoms with E-state index in [2.05, 4.69) is 88.5 Å². The summed E-state index contributed by atoms with van der Waals surface area (Å²) in [5.41, 5.74) is 8.68. The standard InChI is InChI=1S/C62H83FN18O15/c1-8-38-26-42(96-24-12-11-22-69-79-64)19-20-43(38)39-17-15-37(16-18-39)25-34(2)70-54(89)46(28-50(86)87)71-55(90)47(32-82)72-56(91)51(35(3)83)75-60(95)62(7,29-40-13-9-10-14-44(40)63)76-57(92)52(36(4)84)74-49(85)31-67-53(88)45(27-48-77-80-81-78-48)73-59(94)61(5,6)58(93)66-23-21-41-30-65-33-68-41/h9-10,13-20,26,30,33-36,45-47,51-52,82-84H,8,11-12,21-25,27-29,31-32H2,1-7H3,(H,65,68)(H,66,93)(H,67,88)(H,70,89)(H,71,90)(H,72,91)(H,73,94)(H,74,85)(H,75,95)(H,76,92)(H,86,87)(H,77,78,80,81)/t34-,35-,36-,45+,46+,47+,51+,52+,62?/m1/s1. The highest BCUT2D eigenvalue weighted by molar-refractivity contribution is 6.06. The lowest BCUT2D eigenvalue weighted by molar-refractivity contribution is -0.143. The average molecular weight is 1340 g/mol. The van der Waals surface area contributed by atoms with Crippen LogP contribution in [0.2, 0.25) is 0 Å². The summed E-state index contributed by atoms with van der Waals surface area (Å²) < 4.78 is 21.3. The number of H-pyrrole nitrogens is 2. The number of carbonyl (C=O) groups excluding carboxylic acids is 9. The van der Waals surface area contributed by atoms with Crippen molar-refractivity contribution in [3.05, 3.63) is 124 Å². The average Bonchev–Trinajstić information content (AvgIpc) is 0.872. The molecular weight excluding hydrogens is 1260 g/mol. The number of hydrogen-bond acceptors (Lipinski definition) is 19. The molecule has 0 aliphatic rings. The van der Waals surface area contributed by atoms with Crippen molar-refractivity contribution in [3.63, 3.8) is 0 Å². The minimum Gasteiger partial charge on any atom is -0.494 e. The number of rotatable bonds is 39. The number of benzene rings is 3. The number of tetrazole rings is 1. The number of ether oxygens (including phenoxy) is 1. The van der Waals surface area contributed by atoms with E-state index in [0.29, 0.717) is 38.2 Å². The number of nitrogens with one attached hydrogen (secondary N) is 11.